The topological polar surface area (TPSA) is 26.0 Å². The molecular weight excluding hydrogens is 166 g/mol. The largest absolute Gasteiger partial charge is 0.317 e. The molecule has 1 unspecified atom stereocenters. The van der Waals surface area contributed by atoms with E-state index in [2.05, 4.69) is 25.7 Å². The molecule has 64 valence electrons. The van der Waals surface area contributed by atoms with Crippen molar-refractivity contribution in [1.82, 2.24) is 0 Å². The van der Waals surface area contributed by atoms with Crippen LogP contribution in [-0.4, -0.2) is 6.04 Å². The van der Waals surface area contributed by atoms with Gasteiger partial charge in [-0.2, -0.15) is 11.3 Å². The average Bonchev–Trinajstić information content (AvgIpc) is 2.51. The van der Waals surface area contributed by atoms with Crippen molar-refractivity contribution in [1.29, 1.82) is 0 Å². The van der Waals surface area contributed by atoms with E-state index in [0.717, 1.165) is 5.56 Å². The van der Waals surface area contributed by atoms with Crippen LogP contribution in [0.25, 0.3) is 0 Å². The van der Waals surface area contributed by atoms with Crippen molar-refractivity contribution in [2.75, 3.05) is 0 Å². The van der Waals surface area contributed by atoms with Gasteiger partial charge in [0.25, 0.3) is 0 Å². The van der Waals surface area contributed by atoms with E-state index >= 15 is 0 Å². The van der Waals surface area contributed by atoms with Gasteiger partial charge in [0.05, 0.1) is 6.04 Å². The van der Waals surface area contributed by atoms with E-state index in [1.54, 1.807) is 11.3 Å². The lowest BCUT2D eigenvalue weighted by Crippen LogP contribution is -2.23. The maximum atomic E-state index is 5.76. The molecule has 2 N–H and O–H groups in total. The molecule has 0 aliphatic rings. The molecule has 0 aliphatic heterocycles. The lowest BCUT2D eigenvalue weighted by atomic mass is 10.1. The van der Waals surface area contributed by atoms with E-state index < -0.39 is 0 Å². The molecule has 0 fully saturated rings. The molecule has 1 rings (SSSR count). The van der Waals surface area contributed by atoms with Crippen molar-refractivity contribution in [2.24, 2.45) is 11.7 Å². The SMILES string of the molecule is CC(C)C(N)C#Cc1ccsc1. The van der Waals surface area contributed by atoms with E-state index in [1.807, 2.05) is 16.8 Å². The smallest absolute Gasteiger partial charge is 0.0691 e. The van der Waals surface area contributed by atoms with E-state index in [1.165, 1.54) is 0 Å². The van der Waals surface area contributed by atoms with Gasteiger partial charge in [0.15, 0.2) is 0 Å². The van der Waals surface area contributed by atoms with Crippen LogP contribution in [0.3, 0.4) is 0 Å². The average molecular weight is 179 g/mol. The number of hydrogen-bond acceptors (Lipinski definition) is 2. The molecule has 1 nitrogen and oxygen atoms in total. The fourth-order valence-electron chi connectivity index (χ4n) is 0.669. The predicted octanol–water partition coefficient (Wildman–Crippen LogP) is 2.08. The van der Waals surface area contributed by atoms with Crippen molar-refractivity contribution in [2.45, 2.75) is 19.9 Å². The maximum Gasteiger partial charge on any atom is 0.0691 e. The first-order valence-electron chi connectivity index (χ1n) is 3.99. The Morgan fingerprint density at radius 2 is 2.25 bits per heavy atom. The maximum absolute atomic E-state index is 5.76. The van der Waals surface area contributed by atoms with Gasteiger partial charge in [0.2, 0.25) is 0 Å². The van der Waals surface area contributed by atoms with Gasteiger partial charge < -0.3 is 5.73 Å². The first-order chi connectivity index (χ1) is 5.70. The predicted molar refractivity (Wildman–Crippen MR) is 54.0 cm³/mol. The third-order valence-electron chi connectivity index (χ3n) is 1.62. The standard InChI is InChI=1S/C10H13NS/c1-8(2)10(11)4-3-9-5-6-12-7-9/h5-8,10H,11H2,1-2H3. The summed E-state index contributed by atoms with van der Waals surface area (Å²) in [6, 6.07) is 2.00. The number of hydrogen-bond donors (Lipinski definition) is 1. The van der Waals surface area contributed by atoms with E-state index in [9.17, 15) is 0 Å². The van der Waals surface area contributed by atoms with Crippen LogP contribution < -0.4 is 5.73 Å². The normalized spacial score (nSPS) is 12.3. The number of thiophene rings is 1. The number of rotatable bonds is 1. The third-order valence-corrected chi connectivity index (χ3v) is 2.31. The van der Waals surface area contributed by atoms with Crippen molar-refractivity contribution in [3.8, 4) is 11.8 Å². The van der Waals surface area contributed by atoms with Crippen molar-refractivity contribution >= 4 is 11.3 Å². The summed E-state index contributed by atoms with van der Waals surface area (Å²) in [4.78, 5) is 0. The highest BCUT2D eigenvalue weighted by Gasteiger charge is 2.01. The molecule has 0 radical (unpaired) electrons. The Morgan fingerprint density at radius 3 is 2.75 bits per heavy atom. The van der Waals surface area contributed by atoms with Crippen LogP contribution >= 0.6 is 11.3 Å². The van der Waals surface area contributed by atoms with Gasteiger partial charge in [-0.25, -0.2) is 0 Å². The molecule has 0 bridgehead atoms. The molecular formula is C10H13NS. The molecule has 0 saturated heterocycles. The number of nitrogens with two attached hydrogens (primary N) is 1. The van der Waals surface area contributed by atoms with Gasteiger partial charge in [-0.15, -0.1) is 0 Å². The quantitative estimate of drug-likeness (QED) is 0.656. The van der Waals surface area contributed by atoms with Gasteiger partial charge in [-0.05, 0) is 17.4 Å². The van der Waals surface area contributed by atoms with Gasteiger partial charge in [0.1, 0.15) is 0 Å². The molecule has 12 heavy (non-hydrogen) atoms. The van der Waals surface area contributed by atoms with Gasteiger partial charge in [-0.1, -0.05) is 25.7 Å². The third kappa shape index (κ3) is 2.69. The molecule has 0 aromatic carbocycles. The van der Waals surface area contributed by atoms with E-state index in [-0.39, 0.29) is 6.04 Å². The lowest BCUT2D eigenvalue weighted by molar-refractivity contribution is 0.584. The second kappa shape index (κ2) is 4.30. The summed E-state index contributed by atoms with van der Waals surface area (Å²) < 4.78 is 0. The minimum atomic E-state index is -0.00935. The Labute approximate surface area is 77.6 Å². The Bertz CT molecular complexity index is 277. The Morgan fingerprint density at radius 1 is 1.50 bits per heavy atom. The highest BCUT2D eigenvalue weighted by atomic mass is 32.1. The van der Waals surface area contributed by atoms with Crippen LogP contribution in [0, 0.1) is 17.8 Å². The Balaban J connectivity index is 2.60. The van der Waals surface area contributed by atoms with Crippen molar-refractivity contribution in [3.05, 3.63) is 22.4 Å². The van der Waals surface area contributed by atoms with Crippen LogP contribution in [0.5, 0.6) is 0 Å². The summed E-state index contributed by atoms with van der Waals surface area (Å²) in [5.41, 5.74) is 6.83. The Hall–Kier alpha value is -0.780. The first-order valence-corrected chi connectivity index (χ1v) is 4.93. The van der Waals surface area contributed by atoms with E-state index in [0.29, 0.717) is 5.92 Å². The van der Waals surface area contributed by atoms with Gasteiger partial charge in [-0.3, -0.25) is 0 Å². The van der Waals surface area contributed by atoms with Crippen LogP contribution in [0.15, 0.2) is 16.8 Å². The molecule has 0 aliphatic carbocycles. The molecule has 1 aromatic heterocycles. The van der Waals surface area contributed by atoms with Crippen LogP contribution in [0.1, 0.15) is 19.4 Å². The molecule has 1 aromatic rings. The second-order valence-electron chi connectivity index (χ2n) is 3.05. The molecule has 2 heteroatoms. The molecule has 0 saturated carbocycles. The highest BCUT2D eigenvalue weighted by Crippen LogP contribution is 2.04. The Kier molecular flexibility index (Phi) is 3.33. The summed E-state index contributed by atoms with van der Waals surface area (Å²) in [6.45, 7) is 4.15. The highest BCUT2D eigenvalue weighted by molar-refractivity contribution is 7.08. The minimum Gasteiger partial charge on any atom is -0.317 e. The summed E-state index contributed by atoms with van der Waals surface area (Å²) in [6.07, 6.45) is 0. The van der Waals surface area contributed by atoms with Crippen LogP contribution in [0.4, 0.5) is 0 Å². The summed E-state index contributed by atoms with van der Waals surface area (Å²) >= 11 is 1.66. The second-order valence-corrected chi connectivity index (χ2v) is 3.83. The summed E-state index contributed by atoms with van der Waals surface area (Å²) in [5, 5.41) is 4.05. The summed E-state index contributed by atoms with van der Waals surface area (Å²) in [7, 11) is 0. The fourth-order valence-corrected chi connectivity index (χ4v) is 1.26. The molecule has 1 heterocycles. The van der Waals surface area contributed by atoms with Crippen molar-refractivity contribution in [3.63, 3.8) is 0 Å². The summed E-state index contributed by atoms with van der Waals surface area (Å²) in [5.74, 6) is 6.49. The van der Waals surface area contributed by atoms with Crippen molar-refractivity contribution < 1.29 is 0 Å². The fraction of sp³-hybridized carbons (Fsp3) is 0.400. The first kappa shape index (κ1) is 9.31. The molecule has 0 amide bonds. The van der Waals surface area contributed by atoms with Gasteiger partial charge in [0, 0.05) is 10.9 Å². The van der Waals surface area contributed by atoms with E-state index in [4.69, 9.17) is 5.73 Å². The van der Waals surface area contributed by atoms with Crippen LogP contribution in [0.2, 0.25) is 0 Å². The van der Waals surface area contributed by atoms with Crippen LogP contribution in [-0.2, 0) is 0 Å². The molecule has 0 spiro atoms. The minimum absolute atomic E-state index is 0.00935. The lowest BCUT2D eigenvalue weighted by Gasteiger charge is -2.06. The monoisotopic (exact) mass is 179 g/mol. The zero-order valence-electron chi connectivity index (χ0n) is 7.37. The zero-order chi connectivity index (χ0) is 8.97. The van der Waals surface area contributed by atoms with Gasteiger partial charge >= 0.3 is 0 Å². The zero-order valence-corrected chi connectivity index (χ0v) is 8.19. The molecule has 1 atom stereocenters.